The highest BCUT2D eigenvalue weighted by atomic mass is 79.9. The number of ketones is 1. The third-order valence-electron chi connectivity index (χ3n) is 2.04. The Balaban J connectivity index is 4.85. The van der Waals surface area contributed by atoms with Crippen molar-refractivity contribution in [1.29, 1.82) is 0 Å². The molecular weight excluding hydrogens is 329 g/mol. The molecule has 0 aliphatic heterocycles. The minimum atomic E-state index is -5.98. The molecule has 0 fully saturated rings. The molecule has 1 amide bonds. The van der Waals surface area contributed by atoms with Gasteiger partial charge in [-0.05, 0) is 6.42 Å². The Morgan fingerprint density at radius 2 is 1.72 bits per heavy atom. The number of Topliss-reactive ketones (excluding diaryl/α,β-unsaturated/α-hetero) is 1. The minimum absolute atomic E-state index is 0.00981. The Kier molecular flexibility index (Phi) is 6.18. The molecule has 106 valence electrons. The maximum Gasteiger partial charge on any atom is 0.463 e. The van der Waals surface area contributed by atoms with Gasteiger partial charge in [-0.3, -0.25) is 9.59 Å². The van der Waals surface area contributed by atoms with Gasteiger partial charge in [-0.1, -0.05) is 29.3 Å². The highest BCUT2D eigenvalue weighted by molar-refractivity contribution is 9.09. The molecule has 0 spiro atoms. The fourth-order valence-electron chi connectivity index (χ4n) is 1.07. The molecule has 3 nitrogen and oxygen atoms in total. The molecule has 0 aromatic heterocycles. The van der Waals surface area contributed by atoms with E-state index in [1.165, 1.54) is 5.32 Å². The van der Waals surface area contributed by atoms with Crippen LogP contribution in [0.1, 0.15) is 19.8 Å². The van der Waals surface area contributed by atoms with Crippen molar-refractivity contribution in [2.45, 2.75) is 37.9 Å². The molecule has 1 N–H and O–H groups in total. The Morgan fingerprint density at radius 3 is 2.06 bits per heavy atom. The van der Waals surface area contributed by atoms with Gasteiger partial charge in [0, 0.05) is 0 Å². The number of carbonyl (C=O) groups is 2. The number of alkyl halides is 6. The number of halogens is 6. The Bertz CT molecular complexity index is 319. The summed E-state index contributed by atoms with van der Waals surface area (Å²) in [6.07, 6.45) is -5.64. The first-order chi connectivity index (χ1) is 8.07. The van der Waals surface area contributed by atoms with Crippen LogP contribution in [0.25, 0.3) is 0 Å². The third-order valence-corrected chi connectivity index (χ3v) is 2.60. The fourth-order valence-corrected chi connectivity index (χ4v) is 1.46. The molecule has 9 heteroatoms. The van der Waals surface area contributed by atoms with Crippen molar-refractivity contribution in [1.82, 2.24) is 5.32 Å². The molecule has 0 aliphatic rings. The molecular formula is C9H11BrF5NO2. The zero-order valence-electron chi connectivity index (χ0n) is 9.28. The molecule has 1 unspecified atom stereocenters. The van der Waals surface area contributed by atoms with Crippen LogP contribution in [0.2, 0.25) is 0 Å². The highest BCUT2D eigenvalue weighted by Gasteiger charge is 2.63. The van der Waals surface area contributed by atoms with Gasteiger partial charge < -0.3 is 5.32 Å². The summed E-state index contributed by atoms with van der Waals surface area (Å²) in [5.41, 5.74) is 0. The quantitative estimate of drug-likeness (QED) is 0.596. The summed E-state index contributed by atoms with van der Waals surface area (Å²) in [5.74, 6) is -8.68. The number of hydrogen-bond donors (Lipinski definition) is 1. The smallest absolute Gasteiger partial charge is 0.341 e. The minimum Gasteiger partial charge on any atom is -0.341 e. The number of rotatable bonds is 6. The highest BCUT2D eigenvalue weighted by Crippen LogP contribution is 2.35. The monoisotopic (exact) mass is 339 g/mol. The first kappa shape index (κ1) is 17.3. The van der Waals surface area contributed by atoms with Crippen molar-refractivity contribution in [3.63, 3.8) is 0 Å². The van der Waals surface area contributed by atoms with E-state index in [0.717, 1.165) is 0 Å². The molecule has 0 saturated carbocycles. The van der Waals surface area contributed by atoms with Gasteiger partial charge in [0.25, 0.3) is 0 Å². The van der Waals surface area contributed by atoms with Crippen LogP contribution in [-0.4, -0.2) is 35.2 Å². The van der Waals surface area contributed by atoms with Crippen LogP contribution in [0.3, 0.4) is 0 Å². The van der Waals surface area contributed by atoms with Crippen molar-refractivity contribution < 1.29 is 31.5 Å². The van der Waals surface area contributed by atoms with E-state index >= 15 is 0 Å². The molecule has 0 heterocycles. The number of carbonyl (C=O) groups excluding carboxylic acids is 2. The van der Waals surface area contributed by atoms with Gasteiger partial charge in [0.2, 0.25) is 0 Å². The van der Waals surface area contributed by atoms with Crippen LogP contribution in [0.5, 0.6) is 0 Å². The van der Waals surface area contributed by atoms with E-state index in [2.05, 4.69) is 15.9 Å². The first-order valence-corrected chi connectivity index (χ1v) is 6.04. The summed E-state index contributed by atoms with van der Waals surface area (Å²) >= 11 is 2.75. The standard InChI is InChI=1S/C9H11BrF5NO2/c1-2-3-5(6(17)4-10)16-7(18)8(11,12)9(13,14)15/h5H,2-4H2,1H3,(H,16,18). The Labute approximate surface area is 108 Å². The summed E-state index contributed by atoms with van der Waals surface area (Å²) in [6, 6.07) is -1.35. The molecule has 0 bridgehead atoms. The van der Waals surface area contributed by atoms with Gasteiger partial charge in [0.15, 0.2) is 5.78 Å². The van der Waals surface area contributed by atoms with Gasteiger partial charge in [0.1, 0.15) is 0 Å². The lowest BCUT2D eigenvalue weighted by atomic mass is 10.1. The summed E-state index contributed by atoms with van der Waals surface area (Å²) < 4.78 is 61.0. The van der Waals surface area contributed by atoms with Crippen molar-refractivity contribution in [2.75, 3.05) is 5.33 Å². The second kappa shape index (κ2) is 6.44. The third kappa shape index (κ3) is 4.18. The second-order valence-electron chi connectivity index (χ2n) is 3.49. The van der Waals surface area contributed by atoms with E-state index in [9.17, 15) is 31.5 Å². The molecule has 0 aromatic rings. The predicted molar refractivity (Wildman–Crippen MR) is 56.6 cm³/mol. The second-order valence-corrected chi connectivity index (χ2v) is 4.05. The largest absolute Gasteiger partial charge is 0.463 e. The summed E-state index contributed by atoms with van der Waals surface area (Å²) in [4.78, 5) is 22.1. The van der Waals surface area contributed by atoms with Gasteiger partial charge in [-0.25, -0.2) is 0 Å². The van der Waals surface area contributed by atoms with E-state index in [4.69, 9.17) is 0 Å². The van der Waals surface area contributed by atoms with Gasteiger partial charge in [-0.15, -0.1) is 0 Å². The van der Waals surface area contributed by atoms with Crippen molar-refractivity contribution in [3.8, 4) is 0 Å². The Hall–Kier alpha value is -0.730. The zero-order chi connectivity index (χ0) is 14.6. The lowest BCUT2D eigenvalue weighted by Gasteiger charge is -2.22. The predicted octanol–water partition coefficient (Wildman–Crippen LogP) is 2.43. The van der Waals surface area contributed by atoms with Crippen LogP contribution in [-0.2, 0) is 9.59 Å². The van der Waals surface area contributed by atoms with Crippen LogP contribution in [0.15, 0.2) is 0 Å². The van der Waals surface area contributed by atoms with E-state index in [1.54, 1.807) is 6.92 Å². The number of nitrogens with one attached hydrogen (secondary N) is 1. The molecule has 0 aromatic carbocycles. The van der Waals surface area contributed by atoms with Gasteiger partial charge in [-0.2, -0.15) is 22.0 Å². The van der Waals surface area contributed by atoms with E-state index in [-0.39, 0.29) is 11.8 Å². The lowest BCUT2D eigenvalue weighted by Crippen LogP contribution is -2.54. The van der Waals surface area contributed by atoms with Gasteiger partial charge in [0.05, 0.1) is 11.4 Å². The molecule has 0 radical (unpaired) electrons. The summed E-state index contributed by atoms with van der Waals surface area (Å²) in [5, 5.41) is 1.19. The average Bonchev–Trinajstić information content (AvgIpc) is 2.25. The maximum atomic E-state index is 12.6. The molecule has 1 atom stereocenters. The van der Waals surface area contributed by atoms with Crippen LogP contribution < -0.4 is 5.32 Å². The molecule has 0 saturated heterocycles. The van der Waals surface area contributed by atoms with Crippen LogP contribution in [0, 0.1) is 0 Å². The van der Waals surface area contributed by atoms with Crippen molar-refractivity contribution >= 4 is 27.6 Å². The van der Waals surface area contributed by atoms with E-state index in [0.29, 0.717) is 6.42 Å². The summed E-state index contributed by atoms with van der Waals surface area (Å²) in [7, 11) is 0. The average molecular weight is 340 g/mol. The fraction of sp³-hybridized carbons (Fsp3) is 0.778. The zero-order valence-corrected chi connectivity index (χ0v) is 10.9. The van der Waals surface area contributed by atoms with Crippen LogP contribution >= 0.6 is 15.9 Å². The number of amides is 1. The van der Waals surface area contributed by atoms with Crippen LogP contribution in [0.4, 0.5) is 22.0 Å². The Morgan fingerprint density at radius 1 is 1.22 bits per heavy atom. The van der Waals surface area contributed by atoms with Gasteiger partial charge >= 0.3 is 18.0 Å². The lowest BCUT2D eigenvalue weighted by molar-refractivity contribution is -0.270. The first-order valence-electron chi connectivity index (χ1n) is 4.92. The normalized spacial score (nSPS) is 14.2. The number of hydrogen-bond acceptors (Lipinski definition) is 2. The topological polar surface area (TPSA) is 46.2 Å². The molecule has 0 aliphatic carbocycles. The molecule has 0 rings (SSSR count). The van der Waals surface area contributed by atoms with E-state index < -0.39 is 29.8 Å². The summed E-state index contributed by atoms with van der Waals surface area (Å²) in [6.45, 7) is 1.60. The van der Waals surface area contributed by atoms with Crippen molar-refractivity contribution in [3.05, 3.63) is 0 Å². The SMILES string of the molecule is CCCC(NC(=O)C(F)(F)C(F)(F)F)C(=O)CBr. The molecule has 18 heavy (non-hydrogen) atoms. The van der Waals surface area contributed by atoms with Crippen molar-refractivity contribution in [2.24, 2.45) is 0 Å². The maximum absolute atomic E-state index is 12.6. The van der Waals surface area contributed by atoms with E-state index in [1.807, 2.05) is 0 Å².